The van der Waals surface area contributed by atoms with Crippen molar-refractivity contribution in [2.45, 2.75) is 19.4 Å². The summed E-state index contributed by atoms with van der Waals surface area (Å²) in [6.45, 7) is 0.626. The highest BCUT2D eigenvalue weighted by atomic mass is 32.1. The van der Waals surface area contributed by atoms with Crippen molar-refractivity contribution in [3.63, 3.8) is 0 Å². The summed E-state index contributed by atoms with van der Waals surface area (Å²) in [5.41, 5.74) is 5.13. The Morgan fingerprint density at radius 2 is 1.82 bits per heavy atom. The summed E-state index contributed by atoms with van der Waals surface area (Å²) in [5, 5.41) is 7.03. The molecule has 0 atom stereocenters. The maximum Gasteiger partial charge on any atom is 0.253 e. The van der Waals surface area contributed by atoms with Gasteiger partial charge in [-0.25, -0.2) is 5.01 Å². The first kappa shape index (κ1) is 19.8. The molecule has 160 valence electrons. The van der Waals surface area contributed by atoms with Gasteiger partial charge in [0.2, 0.25) is 0 Å². The van der Waals surface area contributed by atoms with E-state index in [1.165, 1.54) is 15.1 Å². The molecular weight excluding hydrogens is 430 g/mol. The Hall–Kier alpha value is -3.90. The number of amides is 1. The lowest BCUT2D eigenvalue weighted by atomic mass is 9.94. The number of carbonyl (C=O) groups is 2. The molecule has 3 aromatic carbocycles. The first-order valence-electron chi connectivity index (χ1n) is 10.8. The first-order chi connectivity index (χ1) is 16.2. The highest BCUT2D eigenvalue weighted by molar-refractivity contribution is 7.22. The molecule has 0 N–H and O–H groups in total. The number of Topliss-reactive ketones (excluding diaryl/α,β-unsaturated/α-hetero) is 1. The van der Waals surface area contributed by atoms with Gasteiger partial charge >= 0.3 is 0 Å². The van der Waals surface area contributed by atoms with Gasteiger partial charge in [0.15, 0.2) is 5.78 Å². The van der Waals surface area contributed by atoms with Crippen LogP contribution in [0.3, 0.4) is 0 Å². The van der Waals surface area contributed by atoms with Gasteiger partial charge in [-0.05, 0) is 58.5 Å². The number of anilines is 1. The van der Waals surface area contributed by atoms with Crippen molar-refractivity contribution < 1.29 is 9.59 Å². The van der Waals surface area contributed by atoms with E-state index in [1.54, 1.807) is 11.3 Å². The molecule has 0 saturated heterocycles. The van der Waals surface area contributed by atoms with Gasteiger partial charge in [-0.3, -0.25) is 14.6 Å². The molecule has 0 saturated carbocycles. The van der Waals surface area contributed by atoms with Gasteiger partial charge in [-0.15, -0.1) is 11.3 Å². The quantitative estimate of drug-likeness (QED) is 0.358. The number of hydrogen-bond donors (Lipinski definition) is 0. The van der Waals surface area contributed by atoms with E-state index < -0.39 is 0 Å². The van der Waals surface area contributed by atoms with Crippen LogP contribution in [0.4, 0.5) is 5.69 Å². The zero-order valence-corrected chi connectivity index (χ0v) is 18.5. The van der Waals surface area contributed by atoms with E-state index in [1.807, 2.05) is 60.8 Å². The van der Waals surface area contributed by atoms with E-state index in [4.69, 9.17) is 0 Å². The molecule has 0 radical (unpaired) electrons. The van der Waals surface area contributed by atoms with Gasteiger partial charge in [0.1, 0.15) is 0 Å². The number of hydrazone groups is 1. The summed E-state index contributed by atoms with van der Waals surface area (Å²) in [7, 11) is 0. The van der Waals surface area contributed by atoms with Crippen LogP contribution in [-0.4, -0.2) is 23.6 Å². The van der Waals surface area contributed by atoms with E-state index >= 15 is 0 Å². The van der Waals surface area contributed by atoms with Crippen molar-refractivity contribution in [1.82, 2.24) is 0 Å². The number of carbonyl (C=O) groups excluding carboxylic acids is 2. The normalized spacial score (nSPS) is 14.7. The fourth-order valence-corrected chi connectivity index (χ4v) is 5.46. The van der Waals surface area contributed by atoms with E-state index in [2.05, 4.69) is 28.3 Å². The first-order valence-corrected chi connectivity index (χ1v) is 11.6. The fraction of sp³-hybridized carbons (Fsp3) is 0.111. The van der Waals surface area contributed by atoms with Crippen molar-refractivity contribution in [2.75, 3.05) is 5.01 Å². The Kier molecular flexibility index (Phi) is 4.73. The second-order valence-corrected chi connectivity index (χ2v) is 9.28. The predicted molar refractivity (Wildman–Crippen MR) is 133 cm³/mol. The van der Waals surface area contributed by atoms with E-state index in [9.17, 15) is 9.59 Å². The third-order valence-corrected chi connectivity index (χ3v) is 7.12. The molecule has 2 aliphatic rings. The number of thiophene rings is 1. The number of aliphatic imine (C=N–C) groups is 1. The SMILES string of the molecule is O=C(CC1=NN(c2ccccc2)C(=O)C1)c1cc2c(c(-c3cc4ccccc4s3)c1)CN=C2. The van der Waals surface area contributed by atoms with Gasteiger partial charge in [0.05, 0.1) is 30.8 Å². The Labute approximate surface area is 194 Å². The third kappa shape index (κ3) is 3.58. The van der Waals surface area contributed by atoms with Crippen molar-refractivity contribution in [3.05, 3.63) is 89.5 Å². The molecule has 1 aromatic heterocycles. The molecule has 0 fully saturated rings. The average Bonchev–Trinajstić information content (AvgIpc) is 3.56. The fourth-order valence-electron chi connectivity index (χ4n) is 4.35. The minimum atomic E-state index is -0.115. The van der Waals surface area contributed by atoms with E-state index in [-0.39, 0.29) is 24.5 Å². The van der Waals surface area contributed by atoms with Crippen LogP contribution in [0, 0.1) is 0 Å². The van der Waals surface area contributed by atoms with Crippen molar-refractivity contribution >= 4 is 50.7 Å². The minimum absolute atomic E-state index is 0.0399. The van der Waals surface area contributed by atoms with Crippen LogP contribution in [0.25, 0.3) is 20.5 Å². The second-order valence-electron chi connectivity index (χ2n) is 8.19. The molecule has 0 aliphatic carbocycles. The monoisotopic (exact) mass is 449 g/mol. The molecule has 33 heavy (non-hydrogen) atoms. The number of benzene rings is 3. The van der Waals surface area contributed by atoms with Crippen LogP contribution in [0.1, 0.15) is 34.3 Å². The second kappa shape index (κ2) is 7.90. The Morgan fingerprint density at radius 1 is 1.00 bits per heavy atom. The number of ketones is 1. The number of para-hydroxylation sites is 1. The summed E-state index contributed by atoms with van der Waals surface area (Å²) >= 11 is 1.73. The predicted octanol–water partition coefficient (Wildman–Crippen LogP) is 5.87. The molecule has 4 aromatic rings. The van der Waals surface area contributed by atoms with Gasteiger partial charge < -0.3 is 0 Å². The lowest BCUT2D eigenvalue weighted by Crippen LogP contribution is -2.19. The Balaban J connectivity index is 1.32. The number of fused-ring (bicyclic) bond motifs is 2. The van der Waals surface area contributed by atoms with Crippen molar-refractivity contribution in [1.29, 1.82) is 0 Å². The van der Waals surface area contributed by atoms with Crippen molar-refractivity contribution in [3.8, 4) is 10.4 Å². The largest absolute Gasteiger partial charge is 0.294 e. The summed E-state index contributed by atoms with van der Waals surface area (Å²) in [6, 6.07) is 23.7. The number of hydrogen-bond acceptors (Lipinski definition) is 5. The van der Waals surface area contributed by atoms with Crippen LogP contribution < -0.4 is 5.01 Å². The standard InChI is InChI=1S/C27H19N3O2S/c31-24(13-20-14-27(32)30(29-20)21-7-2-1-3-8-21)18-10-19-15-28-16-23(19)22(11-18)26-12-17-6-4-5-9-25(17)33-26/h1-12,15H,13-14,16H2. The highest BCUT2D eigenvalue weighted by Gasteiger charge is 2.27. The van der Waals surface area contributed by atoms with Crippen LogP contribution in [0.15, 0.2) is 82.9 Å². The molecule has 6 heteroatoms. The summed E-state index contributed by atoms with van der Waals surface area (Å²) in [6.07, 6.45) is 2.13. The maximum absolute atomic E-state index is 13.3. The van der Waals surface area contributed by atoms with Crippen LogP contribution in [0.5, 0.6) is 0 Å². The van der Waals surface area contributed by atoms with Crippen LogP contribution in [0.2, 0.25) is 0 Å². The Bertz CT molecular complexity index is 1450. The molecule has 2 aliphatic heterocycles. The third-order valence-electron chi connectivity index (χ3n) is 5.98. The van der Waals surface area contributed by atoms with Gasteiger partial charge in [-0.1, -0.05) is 36.4 Å². The van der Waals surface area contributed by atoms with Crippen LogP contribution >= 0.6 is 11.3 Å². The lowest BCUT2D eigenvalue weighted by molar-refractivity contribution is -0.116. The van der Waals surface area contributed by atoms with E-state index in [0.29, 0.717) is 23.5 Å². The van der Waals surface area contributed by atoms with Gasteiger partial charge in [0, 0.05) is 21.4 Å². The maximum atomic E-state index is 13.3. The summed E-state index contributed by atoms with van der Waals surface area (Å²) < 4.78 is 1.22. The Morgan fingerprint density at radius 3 is 2.67 bits per heavy atom. The van der Waals surface area contributed by atoms with Crippen LogP contribution in [-0.2, 0) is 11.3 Å². The summed E-state index contributed by atoms with van der Waals surface area (Å²) in [5.74, 6) is -0.155. The van der Waals surface area contributed by atoms with E-state index in [0.717, 1.165) is 21.6 Å². The highest BCUT2D eigenvalue weighted by Crippen LogP contribution is 2.38. The molecular formula is C27H19N3O2S. The minimum Gasteiger partial charge on any atom is -0.294 e. The number of rotatable bonds is 5. The molecule has 5 nitrogen and oxygen atoms in total. The topological polar surface area (TPSA) is 62.1 Å². The zero-order chi connectivity index (χ0) is 22.4. The average molecular weight is 450 g/mol. The molecule has 3 heterocycles. The van der Waals surface area contributed by atoms with Crippen molar-refractivity contribution in [2.24, 2.45) is 10.1 Å². The smallest absolute Gasteiger partial charge is 0.253 e. The molecule has 1 amide bonds. The summed E-state index contributed by atoms with van der Waals surface area (Å²) in [4.78, 5) is 31.3. The molecule has 0 spiro atoms. The number of nitrogens with zero attached hydrogens (tertiary/aromatic N) is 3. The lowest BCUT2D eigenvalue weighted by Gasteiger charge is -2.10. The zero-order valence-electron chi connectivity index (χ0n) is 17.7. The van der Waals surface area contributed by atoms with Gasteiger partial charge in [0.25, 0.3) is 5.91 Å². The molecule has 6 rings (SSSR count). The molecule has 0 unspecified atom stereocenters. The van der Waals surface area contributed by atoms with Gasteiger partial charge in [-0.2, -0.15) is 5.10 Å². The molecule has 0 bridgehead atoms.